The van der Waals surface area contributed by atoms with Gasteiger partial charge in [0.2, 0.25) is 11.5 Å². The molecule has 4 aromatic rings. The lowest BCUT2D eigenvalue weighted by Gasteiger charge is -2.36. The lowest BCUT2D eigenvalue weighted by molar-refractivity contribution is 0.0225. The normalized spacial score (nSPS) is 17.2. The number of benzene rings is 3. The van der Waals surface area contributed by atoms with Gasteiger partial charge in [0.05, 0.1) is 11.3 Å². The molecule has 0 N–H and O–H groups in total. The van der Waals surface area contributed by atoms with Crippen LogP contribution in [0.25, 0.3) is 5.69 Å². The minimum Gasteiger partial charge on any atom is -0.440 e. The lowest BCUT2D eigenvalue weighted by atomic mass is 9.78. The SMILES string of the molecule is CCN(CC)c1ccc2c(c1)Oc1c(c(N(C)C)nn1-c1ccccc1)C21OC(=O)c2ccccc21. The second kappa shape index (κ2) is 8.16. The molecule has 7 nitrogen and oxygen atoms in total. The molecule has 7 heteroatoms. The first kappa shape index (κ1) is 22.2. The van der Waals surface area contributed by atoms with Crippen LogP contribution in [-0.2, 0) is 10.3 Å². The van der Waals surface area contributed by atoms with Crippen LogP contribution in [0.4, 0.5) is 11.5 Å². The molecule has 0 saturated heterocycles. The number of rotatable bonds is 5. The number of carbonyl (C=O) groups is 1. The van der Waals surface area contributed by atoms with Crippen LogP contribution in [-0.4, -0.2) is 42.9 Å². The van der Waals surface area contributed by atoms with Gasteiger partial charge in [-0.3, -0.25) is 0 Å². The predicted molar refractivity (Wildman–Crippen MR) is 140 cm³/mol. The summed E-state index contributed by atoms with van der Waals surface area (Å²) in [7, 11) is 3.88. The van der Waals surface area contributed by atoms with Crippen LogP contribution in [0.1, 0.15) is 40.9 Å². The molecule has 0 bridgehead atoms. The van der Waals surface area contributed by atoms with Crippen molar-refractivity contribution in [3.05, 3.63) is 95.1 Å². The summed E-state index contributed by atoms with van der Waals surface area (Å²) in [5, 5.41) is 4.97. The second-order valence-electron chi connectivity index (χ2n) is 9.22. The van der Waals surface area contributed by atoms with E-state index in [4.69, 9.17) is 14.6 Å². The molecule has 2 aliphatic heterocycles. The first-order valence-electron chi connectivity index (χ1n) is 12.3. The Morgan fingerprint density at radius 2 is 1.64 bits per heavy atom. The molecule has 0 saturated carbocycles. The minimum atomic E-state index is -1.18. The molecule has 3 heterocycles. The van der Waals surface area contributed by atoms with E-state index in [0.29, 0.717) is 23.0 Å². The number of hydrogen-bond donors (Lipinski definition) is 0. The van der Waals surface area contributed by atoms with Crippen molar-refractivity contribution in [3.63, 3.8) is 0 Å². The highest BCUT2D eigenvalue weighted by Gasteiger charge is 2.57. The molecule has 36 heavy (non-hydrogen) atoms. The topological polar surface area (TPSA) is 59.8 Å². The highest BCUT2D eigenvalue weighted by atomic mass is 16.6. The maximum Gasteiger partial charge on any atom is 0.340 e. The summed E-state index contributed by atoms with van der Waals surface area (Å²) in [4.78, 5) is 17.5. The number of ether oxygens (including phenoxy) is 2. The number of esters is 1. The van der Waals surface area contributed by atoms with Gasteiger partial charge in [-0.15, -0.1) is 5.10 Å². The monoisotopic (exact) mass is 480 g/mol. The first-order valence-corrected chi connectivity index (χ1v) is 12.3. The van der Waals surface area contributed by atoms with E-state index in [2.05, 4.69) is 24.8 Å². The predicted octanol–water partition coefficient (Wildman–Crippen LogP) is 5.35. The van der Waals surface area contributed by atoms with E-state index in [1.807, 2.05) is 85.7 Å². The van der Waals surface area contributed by atoms with Gasteiger partial charge in [-0.1, -0.05) is 36.4 Å². The smallest absolute Gasteiger partial charge is 0.340 e. The molecule has 0 radical (unpaired) electrons. The van der Waals surface area contributed by atoms with E-state index in [0.717, 1.165) is 41.2 Å². The Morgan fingerprint density at radius 3 is 2.36 bits per heavy atom. The van der Waals surface area contributed by atoms with Crippen molar-refractivity contribution in [2.45, 2.75) is 19.4 Å². The Kier molecular flexibility index (Phi) is 5.03. The quantitative estimate of drug-likeness (QED) is 0.359. The molecule has 0 amide bonds. The van der Waals surface area contributed by atoms with Gasteiger partial charge in [-0.2, -0.15) is 4.68 Å². The number of hydrogen-bond acceptors (Lipinski definition) is 6. The van der Waals surface area contributed by atoms with Gasteiger partial charge in [0.1, 0.15) is 11.3 Å². The number of fused-ring (bicyclic) bond motifs is 6. The van der Waals surface area contributed by atoms with Crippen molar-refractivity contribution in [2.75, 3.05) is 37.0 Å². The van der Waals surface area contributed by atoms with Crippen LogP contribution in [0.2, 0.25) is 0 Å². The van der Waals surface area contributed by atoms with Gasteiger partial charge in [0.25, 0.3) is 0 Å². The molecule has 0 aliphatic carbocycles. The standard InChI is InChI=1S/C29H28N4O3/c1-5-32(6-2)20-16-17-23-24(18-20)35-27-25(29(23)22-15-11-10-14-21(22)28(34)36-29)26(31(3)4)30-33(27)19-12-8-7-9-13-19/h7-18H,5-6H2,1-4H3. The van der Waals surface area contributed by atoms with Crippen LogP contribution in [0.5, 0.6) is 11.6 Å². The molecule has 1 unspecified atom stereocenters. The van der Waals surface area contributed by atoms with E-state index in [1.165, 1.54) is 0 Å². The Morgan fingerprint density at radius 1 is 0.917 bits per heavy atom. The average Bonchev–Trinajstić information content (AvgIpc) is 3.42. The summed E-state index contributed by atoms with van der Waals surface area (Å²) in [6, 6.07) is 23.6. The fourth-order valence-corrected chi connectivity index (χ4v) is 5.36. The summed E-state index contributed by atoms with van der Waals surface area (Å²) in [5.41, 5.74) is 3.60. The summed E-state index contributed by atoms with van der Waals surface area (Å²) < 4.78 is 14.9. The van der Waals surface area contributed by atoms with Crippen molar-refractivity contribution in [1.29, 1.82) is 0 Å². The summed E-state index contributed by atoms with van der Waals surface area (Å²) >= 11 is 0. The van der Waals surface area contributed by atoms with Gasteiger partial charge in [-0.05, 0) is 44.2 Å². The van der Waals surface area contributed by atoms with Crippen molar-refractivity contribution in [2.24, 2.45) is 0 Å². The molecule has 0 fully saturated rings. The van der Waals surface area contributed by atoms with E-state index in [-0.39, 0.29) is 5.97 Å². The molecule has 182 valence electrons. The Balaban J connectivity index is 1.70. The second-order valence-corrected chi connectivity index (χ2v) is 9.22. The zero-order valence-electron chi connectivity index (χ0n) is 20.9. The Labute approximate surface area is 210 Å². The number of aromatic nitrogens is 2. The summed E-state index contributed by atoms with van der Waals surface area (Å²) in [6.45, 7) is 6.00. The van der Waals surface area contributed by atoms with Crippen molar-refractivity contribution in [3.8, 4) is 17.3 Å². The zero-order chi connectivity index (χ0) is 25.0. The van der Waals surface area contributed by atoms with Crippen molar-refractivity contribution >= 4 is 17.5 Å². The lowest BCUT2D eigenvalue weighted by Crippen LogP contribution is -2.34. The fraction of sp³-hybridized carbons (Fsp3) is 0.241. The molecule has 1 atom stereocenters. The number of anilines is 2. The van der Waals surface area contributed by atoms with E-state index >= 15 is 0 Å². The maximum atomic E-state index is 13.3. The van der Waals surface area contributed by atoms with E-state index in [1.54, 1.807) is 4.68 Å². The van der Waals surface area contributed by atoms with Crippen molar-refractivity contribution < 1.29 is 14.3 Å². The highest BCUT2D eigenvalue weighted by molar-refractivity contribution is 5.97. The molecule has 1 spiro atoms. The highest BCUT2D eigenvalue weighted by Crippen LogP contribution is 2.59. The van der Waals surface area contributed by atoms with Gasteiger partial charge in [0, 0.05) is 50.1 Å². The van der Waals surface area contributed by atoms with E-state index < -0.39 is 5.60 Å². The molecular formula is C29H28N4O3. The minimum absolute atomic E-state index is 0.352. The maximum absolute atomic E-state index is 13.3. The number of para-hydroxylation sites is 1. The van der Waals surface area contributed by atoms with Gasteiger partial charge in [-0.25, -0.2) is 4.79 Å². The molecule has 2 aliphatic rings. The first-order chi connectivity index (χ1) is 17.5. The zero-order valence-corrected chi connectivity index (χ0v) is 20.9. The molecular weight excluding hydrogens is 452 g/mol. The third-order valence-corrected chi connectivity index (χ3v) is 7.05. The van der Waals surface area contributed by atoms with Crippen molar-refractivity contribution in [1.82, 2.24) is 9.78 Å². The van der Waals surface area contributed by atoms with Crippen LogP contribution >= 0.6 is 0 Å². The average molecular weight is 481 g/mol. The van der Waals surface area contributed by atoms with Gasteiger partial charge < -0.3 is 19.3 Å². The fourth-order valence-electron chi connectivity index (χ4n) is 5.36. The third kappa shape index (κ3) is 2.98. The van der Waals surface area contributed by atoms with Crippen LogP contribution in [0.3, 0.4) is 0 Å². The van der Waals surface area contributed by atoms with Gasteiger partial charge >= 0.3 is 5.97 Å². The summed E-state index contributed by atoms with van der Waals surface area (Å²) in [6.07, 6.45) is 0. The van der Waals surface area contributed by atoms with Crippen LogP contribution in [0, 0.1) is 0 Å². The molecule has 3 aromatic carbocycles. The molecule has 6 rings (SSSR count). The molecule has 1 aromatic heterocycles. The largest absolute Gasteiger partial charge is 0.440 e. The number of nitrogens with zero attached hydrogens (tertiary/aromatic N) is 4. The summed E-state index contributed by atoms with van der Waals surface area (Å²) in [5.74, 6) is 1.52. The van der Waals surface area contributed by atoms with Crippen LogP contribution in [0.15, 0.2) is 72.8 Å². The Bertz CT molecular complexity index is 1470. The number of carbonyl (C=O) groups excluding carboxylic acids is 1. The third-order valence-electron chi connectivity index (χ3n) is 7.05. The van der Waals surface area contributed by atoms with E-state index in [9.17, 15) is 4.79 Å². The van der Waals surface area contributed by atoms with Crippen LogP contribution < -0.4 is 14.5 Å². The van der Waals surface area contributed by atoms with Gasteiger partial charge in [0.15, 0.2) is 5.82 Å². The Hall–Kier alpha value is -4.26.